The molecule has 140 valence electrons. The van der Waals surface area contributed by atoms with Gasteiger partial charge in [-0.05, 0) is 12.1 Å². The van der Waals surface area contributed by atoms with Crippen molar-refractivity contribution in [3.05, 3.63) is 77.3 Å². The first kappa shape index (κ1) is 18.1. The predicted molar refractivity (Wildman–Crippen MR) is 100 cm³/mol. The molecule has 0 bridgehead atoms. The SMILES string of the molecule is O=Cc1cn(-c2nc(-c3ccc(C(F)(F)F)cc3)cs2)nc1-c1ccccc1. The molecule has 4 nitrogen and oxygen atoms in total. The van der Waals surface area contributed by atoms with Gasteiger partial charge in [-0.1, -0.05) is 42.5 Å². The van der Waals surface area contributed by atoms with Gasteiger partial charge in [-0.2, -0.15) is 18.3 Å². The van der Waals surface area contributed by atoms with Crippen molar-refractivity contribution in [1.29, 1.82) is 0 Å². The molecular weight excluding hydrogens is 387 g/mol. The third kappa shape index (κ3) is 3.46. The van der Waals surface area contributed by atoms with Crippen molar-refractivity contribution in [2.45, 2.75) is 6.18 Å². The summed E-state index contributed by atoms with van der Waals surface area (Å²) in [6, 6.07) is 14.1. The van der Waals surface area contributed by atoms with Gasteiger partial charge in [-0.3, -0.25) is 4.79 Å². The smallest absolute Gasteiger partial charge is 0.298 e. The first-order chi connectivity index (χ1) is 13.5. The summed E-state index contributed by atoms with van der Waals surface area (Å²) < 4.78 is 39.6. The number of aromatic nitrogens is 3. The van der Waals surface area contributed by atoms with E-state index in [1.807, 2.05) is 30.3 Å². The van der Waals surface area contributed by atoms with Crippen LogP contribution in [0.4, 0.5) is 13.2 Å². The summed E-state index contributed by atoms with van der Waals surface area (Å²) >= 11 is 1.29. The van der Waals surface area contributed by atoms with E-state index in [2.05, 4.69) is 10.1 Å². The van der Waals surface area contributed by atoms with Crippen molar-refractivity contribution in [3.8, 4) is 27.6 Å². The number of carbonyl (C=O) groups is 1. The van der Waals surface area contributed by atoms with Crippen LogP contribution in [0.15, 0.2) is 66.2 Å². The summed E-state index contributed by atoms with van der Waals surface area (Å²) in [6.07, 6.45) is -2.05. The number of hydrogen-bond donors (Lipinski definition) is 0. The van der Waals surface area contributed by atoms with Crippen LogP contribution >= 0.6 is 11.3 Å². The summed E-state index contributed by atoms with van der Waals surface area (Å²) in [6.45, 7) is 0. The van der Waals surface area contributed by atoms with E-state index in [0.717, 1.165) is 24.0 Å². The van der Waals surface area contributed by atoms with Gasteiger partial charge in [-0.15, -0.1) is 11.3 Å². The van der Waals surface area contributed by atoms with Gasteiger partial charge in [0.25, 0.3) is 0 Å². The first-order valence-corrected chi connectivity index (χ1v) is 9.07. The second-order valence-corrected chi connectivity index (χ2v) is 6.79. The number of nitrogens with zero attached hydrogens (tertiary/aromatic N) is 3. The van der Waals surface area contributed by atoms with Gasteiger partial charge in [0.1, 0.15) is 5.69 Å². The zero-order valence-electron chi connectivity index (χ0n) is 14.2. The summed E-state index contributed by atoms with van der Waals surface area (Å²) in [7, 11) is 0. The molecule has 0 atom stereocenters. The van der Waals surface area contributed by atoms with E-state index in [9.17, 15) is 18.0 Å². The standard InChI is InChI=1S/C20H12F3N3OS/c21-20(22,23)16-8-6-13(7-9-16)17-12-28-19(24-17)26-10-15(11-27)18(25-26)14-4-2-1-3-5-14/h1-12H. The van der Waals surface area contributed by atoms with Gasteiger partial charge in [0.2, 0.25) is 5.13 Å². The number of carbonyl (C=O) groups excluding carboxylic acids is 1. The molecule has 4 rings (SSSR count). The quantitative estimate of drug-likeness (QED) is 0.426. The lowest BCUT2D eigenvalue weighted by molar-refractivity contribution is -0.137. The Morgan fingerprint density at radius 1 is 0.964 bits per heavy atom. The van der Waals surface area contributed by atoms with Crippen molar-refractivity contribution in [2.75, 3.05) is 0 Å². The fourth-order valence-electron chi connectivity index (χ4n) is 2.72. The lowest BCUT2D eigenvalue weighted by Gasteiger charge is -2.06. The predicted octanol–water partition coefficient (Wildman–Crippen LogP) is 5.49. The van der Waals surface area contributed by atoms with E-state index in [1.165, 1.54) is 28.2 Å². The summed E-state index contributed by atoms with van der Waals surface area (Å²) in [5.41, 5.74) is 2.18. The molecule has 0 aliphatic rings. The molecule has 0 radical (unpaired) electrons. The molecule has 0 spiro atoms. The summed E-state index contributed by atoms with van der Waals surface area (Å²) in [5.74, 6) is 0. The molecule has 0 fully saturated rings. The number of rotatable bonds is 4. The van der Waals surface area contributed by atoms with Gasteiger partial charge in [0.15, 0.2) is 6.29 Å². The lowest BCUT2D eigenvalue weighted by atomic mass is 10.1. The minimum atomic E-state index is -4.38. The van der Waals surface area contributed by atoms with Gasteiger partial charge in [0.05, 0.1) is 16.8 Å². The van der Waals surface area contributed by atoms with Gasteiger partial charge < -0.3 is 0 Å². The zero-order valence-corrected chi connectivity index (χ0v) is 15.0. The molecule has 0 aliphatic carbocycles. The third-order valence-electron chi connectivity index (χ3n) is 4.11. The number of halogens is 3. The molecule has 0 N–H and O–H groups in total. The van der Waals surface area contributed by atoms with E-state index in [0.29, 0.717) is 27.6 Å². The van der Waals surface area contributed by atoms with E-state index < -0.39 is 11.7 Å². The van der Waals surface area contributed by atoms with Crippen LogP contribution in [0.1, 0.15) is 15.9 Å². The van der Waals surface area contributed by atoms with Crippen molar-refractivity contribution < 1.29 is 18.0 Å². The average Bonchev–Trinajstić information content (AvgIpc) is 3.35. The Morgan fingerprint density at radius 3 is 2.32 bits per heavy atom. The topological polar surface area (TPSA) is 47.8 Å². The minimum absolute atomic E-state index is 0.428. The van der Waals surface area contributed by atoms with E-state index >= 15 is 0 Å². The number of thiazole rings is 1. The summed E-state index contributed by atoms with van der Waals surface area (Å²) in [5, 5.41) is 6.71. The Balaban J connectivity index is 1.66. The van der Waals surface area contributed by atoms with Crippen LogP contribution in [0.2, 0.25) is 0 Å². The maximum Gasteiger partial charge on any atom is 0.416 e. The molecule has 28 heavy (non-hydrogen) atoms. The molecule has 0 aliphatic heterocycles. The molecule has 4 aromatic rings. The number of alkyl halides is 3. The highest BCUT2D eigenvalue weighted by molar-refractivity contribution is 7.12. The minimum Gasteiger partial charge on any atom is -0.298 e. The molecule has 0 amide bonds. The van der Waals surface area contributed by atoms with Crippen LogP contribution in [-0.2, 0) is 6.18 Å². The van der Waals surface area contributed by atoms with Crippen LogP contribution in [-0.4, -0.2) is 21.1 Å². The molecule has 0 unspecified atom stereocenters. The normalized spacial score (nSPS) is 11.5. The molecule has 8 heteroatoms. The Bertz CT molecular complexity index is 1120. The maximum absolute atomic E-state index is 12.7. The Kier molecular flexibility index (Phi) is 4.56. The highest BCUT2D eigenvalue weighted by atomic mass is 32.1. The largest absolute Gasteiger partial charge is 0.416 e. The first-order valence-electron chi connectivity index (χ1n) is 8.19. The lowest BCUT2D eigenvalue weighted by Crippen LogP contribution is -2.04. The highest BCUT2D eigenvalue weighted by Crippen LogP contribution is 2.32. The second-order valence-electron chi connectivity index (χ2n) is 5.95. The molecule has 0 saturated heterocycles. The summed E-state index contributed by atoms with van der Waals surface area (Å²) in [4.78, 5) is 15.9. The van der Waals surface area contributed by atoms with Crippen molar-refractivity contribution in [3.63, 3.8) is 0 Å². The highest BCUT2D eigenvalue weighted by Gasteiger charge is 2.30. The molecular formula is C20H12F3N3OS. The van der Waals surface area contributed by atoms with Gasteiger partial charge in [0, 0.05) is 22.7 Å². The second kappa shape index (κ2) is 7.05. The number of benzene rings is 2. The van der Waals surface area contributed by atoms with Crippen LogP contribution in [0.25, 0.3) is 27.6 Å². The Morgan fingerprint density at radius 2 is 1.68 bits per heavy atom. The molecule has 2 heterocycles. The molecule has 2 aromatic carbocycles. The zero-order chi connectivity index (χ0) is 19.7. The molecule has 0 saturated carbocycles. The fourth-order valence-corrected chi connectivity index (χ4v) is 3.48. The average molecular weight is 399 g/mol. The van der Waals surface area contributed by atoms with Crippen LogP contribution < -0.4 is 0 Å². The number of aldehydes is 1. The fraction of sp³-hybridized carbons (Fsp3) is 0.0500. The molecule has 2 aromatic heterocycles. The van der Waals surface area contributed by atoms with Crippen LogP contribution in [0, 0.1) is 0 Å². The van der Waals surface area contributed by atoms with Gasteiger partial charge in [-0.25, -0.2) is 9.67 Å². The van der Waals surface area contributed by atoms with E-state index in [4.69, 9.17) is 0 Å². The van der Waals surface area contributed by atoms with Crippen molar-refractivity contribution >= 4 is 17.6 Å². The monoisotopic (exact) mass is 399 g/mol. The Labute approximate surface area is 161 Å². The Hall–Kier alpha value is -3.26. The maximum atomic E-state index is 12.7. The van der Waals surface area contributed by atoms with Crippen LogP contribution in [0.3, 0.4) is 0 Å². The van der Waals surface area contributed by atoms with E-state index in [1.54, 1.807) is 11.6 Å². The van der Waals surface area contributed by atoms with Crippen LogP contribution in [0.5, 0.6) is 0 Å². The third-order valence-corrected chi connectivity index (χ3v) is 4.94. The van der Waals surface area contributed by atoms with Crippen molar-refractivity contribution in [2.24, 2.45) is 0 Å². The van der Waals surface area contributed by atoms with Gasteiger partial charge >= 0.3 is 6.18 Å². The van der Waals surface area contributed by atoms with E-state index in [-0.39, 0.29) is 0 Å². The number of hydrogen-bond acceptors (Lipinski definition) is 4. The van der Waals surface area contributed by atoms with Crippen molar-refractivity contribution in [1.82, 2.24) is 14.8 Å².